The van der Waals surface area contributed by atoms with Crippen LogP contribution in [0, 0.1) is 5.82 Å². The number of hydrogen-bond acceptors (Lipinski definition) is 5. The number of nitrogens with two attached hydrogens (primary N) is 1. The van der Waals surface area contributed by atoms with E-state index in [-0.39, 0.29) is 5.82 Å². The summed E-state index contributed by atoms with van der Waals surface area (Å²) < 4.78 is 13.8. The lowest BCUT2D eigenvalue weighted by Crippen LogP contribution is -2.33. The fourth-order valence-electron chi connectivity index (χ4n) is 3.70. The zero-order valence-corrected chi connectivity index (χ0v) is 17.4. The lowest BCUT2D eigenvalue weighted by Gasteiger charge is -2.27. The summed E-state index contributed by atoms with van der Waals surface area (Å²) in [6.07, 6.45) is 5.77. The molecule has 1 aromatic carbocycles. The van der Waals surface area contributed by atoms with Crippen LogP contribution in [-0.4, -0.2) is 22.1 Å². The molecule has 0 unspecified atom stereocenters. The van der Waals surface area contributed by atoms with Gasteiger partial charge in [0.2, 0.25) is 0 Å². The van der Waals surface area contributed by atoms with E-state index in [1.165, 1.54) is 6.07 Å². The van der Waals surface area contributed by atoms with E-state index in [4.69, 9.17) is 17.3 Å². The molecule has 3 aromatic rings. The van der Waals surface area contributed by atoms with Gasteiger partial charge in [-0.25, -0.2) is 14.4 Å². The lowest BCUT2D eigenvalue weighted by molar-refractivity contribution is 0.410. The lowest BCUT2D eigenvalue weighted by atomic mass is 9.92. The van der Waals surface area contributed by atoms with Crippen LogP contribution in [0.1, 0.15) is 31.2 Å². The molecule has 1 aliphatic rings. The molecule has 1 fully saturated rings. The average Bonchev–Trinajstić information content (AvgIpc) is 2.76. The van der Waals surface area contributed by atoms with Crippen molar-refractivity contribution in [3.63, 3.8) is 0 Å². The molecule has 0 bridgehead atoms. The highest BCUT2D eigenvalue weighted by atomic mass is 35.5. The molecule has 0 atom stereocenters. The number of benzene rings is 1. The van der Waals surface area contributed by atoms with Crippen molar-refractivity contribution in [2.24, 2.45) is 5.73 Å². The second kappa shape index (κ2) is 9.41. The molecular formula is C23H25ClFN5. The van der Waals surface area contributed by atoms with Crippen LogP contribution < -0.4 is 16.4 Å². The minimum absolute atomic E-state index is 0.238. The standard InChI is InChI=1S/C23H25ClFN5/c24-19-14-28-23(29-17-10-8-16(26)9-11-17)12-18(19)21-6-3-7-22(30-21)27-13-15-4-1-2-5-20(15)25/h1-7,12,14,16-17H,8-11,13,26H2,(H,27,30)(H,28,29). The summed E-state index contributed by atoms with van der Waals surface area (Å²) in [4.78, 5) is 9.08. The Morgan fingerprint density at radius 1 is 1.03 bits per heavy atom. The highest BCUT2D eigenvalue weighted by Gasteiger charge is 2.19. The van der Waals surface area contributed by atoms with Crippen molar-refractivity contribution in [3.8, 4) is 11.3 Å². The summed E-state index contributed by atoms with van der Waals surface area (Å²) in [6, 6.07) is 15.0. The highest BCUT2D eigenvalue weighted by molar-refractivity contribution is 6.33. The normalized spacial score (nSPS) is 18.8. The van der Waals surface area contributed by atoms with Crippen LogP contribution in [0.5, 0.6) is 0 Å². The topological polar surface area (TPSA) is 75.9 Å². The summed E-state index contributed by atoms with van der Waals surface area (Å²) >= 11 is 6.42. The Labute approximate surface area is 180 Å². The zero-order valence-electron chi connectivity index (χ0n) is 16.6. The zero-order chi connectivity index (χ0) is 20.9. The van der Waals surface area contributed by atoms with Crippen molar-refractivity contribution >= 4 is 23.2 Å². The molecule has 30 heavy (non-hydrogen) atoms. The minimum Gasteiger partial charge on any atom is -0.367 e. The Morgan fingerprint density at radius 3 is 2.63 bits per heavy atom. The van der Waals surface area contributed by atoms with Crippen LogP contribution >= 0.6 is 11.6 Å². The maximum Gasteiger partial charge on any atom is 0.128 e. The molecule has 1 saturated carbocycles. The van der Waals surface area contributed by atoms with Crippen molar-refractivity contribution in [2.75, 3.05) is 10.6 Å². The molecule has 5 nitrogen and oxygen atoms in total. The average molecular weight is 426 g/mol. The molecule has 156 valence electrons. The predicted molar refractivity (Wildman–Crippen MR) is 120 cm³/mol. The number of anilines is 2. The SMILES string of the molecule is NC1CCC(Nc2cc(-c3cccc(NCc4ccccc4F)n3)c(Cl)cn2)CC1. The van der Waals surface area contributed by atoms with Crippen molar-refractivity contribution in [3.05, 3.63) is 71.1 Å². The number of aromatic nitrogens is 2. The first-order valence-electron chi connectivity index (χ1n) is 10.2. The smallest absolute Gasteiger partial charge is 0.128 e. The van der Waals surface area contributed by atoms with Crippen LogP contribution in [0.4, 0.5) is 16.0 Å². The van der Waals surface area contributed by atoms with Gasteiger partial charge in [0.1, 0.15) is 17.5 Å². The van der Waals surface area contributed by atoms with Crippen molar-refractivity contribution in [1.29, 1.82) is 0 Å². The summed E-state index contributed by atoms with van der Waals surface area (Å²) in [5, 5.41) is 7.21. The fraction of sp³-hybridized carbons (Fsp3) is 0.304. The maximum atomic E-state index is 13.8. The van der Waals surface area contributed by atoms with Gasteiger partial charge in [0.15, 0.2) is 0 Å². The molecule has 0 radical (unpaired) electrons. The first-order valence-corrected chi connectivity index (χ1v) is 10.6. The van der Waals surface area contributed by atoms with Gasteiger partial charge in [0.05, 0.1) is 10.7 Å². The molecule has 0 saturated heterocycles. The Kier molecular flexibility index (Phi) is 6.45. The van der Waals surface area contributed by atoms with Gasteiger partial charge in [-0.2, -0.15) is 0 Å². The largest absolute Gasteiger partial charge is 0.367 e. The van der Waals surface area contributed by atoms with E-state index in [1.54, 1.807) is 18.3 Å². The molecule has 7 heteroatoms. The molecule has 0 amide bonds. The Balaban J connectivity index is 1.49. The first-order chi connectivity index (χ1) is 14.6. The summed E-state index contributed by atoms with van der Waals surface area (Å²) in [6.45, 7) is 0.351. The van der Waals surface area contributed by atoms with Gasteiger partial charge >= 0.3 is 0 Å². The maximum absolute atomic E-state index is 13.8. The summed E-state index contributed by atoms with van der Waals surface area (Å²) in [5.41, 5.74) is 8.12. The second-order valence-electron chi connectivity index (χ2n) is 7.66. The Morgan fingerprint density at radius 2 is 1.83 bits per heavy atom. The Bertz CT molecular complexity index is 1000. The minimum atomic E-state index is -0.238. The Hall–Kier alpha value is -2.70. The number of halogens is 2. The molecule has 1 aliphatic carbocycles. The van der Waals surface area contributed by atoms with E-state index >= 15 is 0 Å². The third-order valence-corrected chi connectivity index (χ3v) is 5.72. The van der Waals surface area contributed by atoms with E-state index in [2.05, 4.69) is 20.6 Å². The number of pyridine rings is 2. The summed E-state index contributed by atoms with van der Waals surface area (Å²) in [5.74, 6) is 1.19. The van der Waals surface area contributed by atoms with Gasteiger partial charge < -0.3 is 16.4 Å². The van der Waals surface area contributed by atoms with Gasteiger partial charge in [-0.15, -0.1) is 0 Å². The molecule has 4 N–H and O–H groups in total. The number of nitrogens with one attached hydrogen (secondary N) is 2. The molecule has 4 rings (SSSR count). The van der Waals surface area contributed by atoms with Crippen LogP contribution in [0.2, 0.25) is 5.02 Å². The van der Waals surface area contributed by atoms with Gasteiger partial charge in [-0.3, -0.25) is 0 Å². The van der Waals surface area contributed by atoms with Crippen molar-refractivity contribution in [2.45, 2.75) is 44.3 Å². The third-order valence-electron chi connectivity index (χ3n) is 5.42. The van der Waals surface area contributed by atoms with E-state index in [9.17, 15) is 4.39 Å². The van der Waals surface area contributed by atoms with E-state index in [0.717, 1.165) is 42.8 Å². The predicted octanol–water partition coefficient (Wildman–Crippen LogP) is 5.23. The quantitative estimate of drug-likeness (QED) is 0.504. The molecule has 2 aromatic heterocycles. The highest BCUT2D eigenvalue weighted by Crippen LogP contribution is 2.30. The van der Waals surface area contributed by atoms with Crippen molar-refractivity contribution in [1.82, 2.24) is 9.97 Å². The van der Waals surface area contributed by atoms with Gasteiger partial charge in [0.25, 0.3) is 0 Å². The van der Waals surface area contributed by atoms with Crippen LogP contribution in [0.25, 0.3) is 11.3 Å². The number of rotatable bonds is 6. The third kappa shape index (κ3) is 5.07. The van der Waals surface area contributed by atoms with Gasteiger partial charge in [0, 0.05) is 36.0 Å². The van der Waals surface area contributed by atoms with Crippen molar-refractivity contribution < 1.29 is 4.39 Å². The molecule has 0 aliphatic heterocycles. The molecule has 2 heterocycles. The van der Waals surface area contributed by atoms with Crippen LogP contribution in [0.15, 0.2) is 54.7 Å². The summed E-state index contributed by atoms with van der Waals surface area (Å²) in [7, 11) is 0. The first kappa shape index (κ1) is 20.6. The number of hydrogen-bond donors (Lipinski definition) is 3. The van der Waals surface area contributed by atoms with Crippen LogP contribution in [-0.2, 0) is 6.54 Å². The van der Waals surface area contributed by atoms with Gasteiger partial charge in [-0.1, -0.05) is 35.9 Å². The van der Waals surface area contributed by atoms with E-state index < -0.39 is 0 Å². The van der Waals surface area contributed by atoms with Crippen LogP contribution in [0.3, 0.4) is 0 Å². The molecule has 0 spiro atoms. The monoisotopic (exact) mass is 425 g/mol. The second-order valence-corrected chi connectivity index (χ2v) is 8.07. The number of nitrogens with zero attached hydrogens (tertiary/aromatic N) is 2. The molecular weight excluding hydrogens is 401 g/mol. The van der Waals surface area contributed by atoms with E-state index in [0.29, 0.717) is 35.0 Å². The van der Waals surface area contributed by atoms with E-state index in [1.807, 2.05) is 30.3 Å². The fourth-order valence-corrected chi connectivity index (χ4v) is 3.90. The van der Waals surface area contributed by atoms with Gasteiger partial charge in [-0.05, 0) is 49.9 Å².